The van der Waals surface area contributed by atoms with E-state index in [1.165, 1.54) is 150 Å². The number of hydrogen-bond acceptors (Lipinski definition) is 20. The molecule has 0 unspecified atom stereocenters. The minimum atomic E-state index is -1.49. The molecule has 0 radical (unpaired) electrons. The maximum absolute atomic E-state index is 13.3. The molecule has 0 aromatic carbocycles. The summed E-state index contributed by atoms with van der Waals surface area (Å²) in [4.78, 5) is 102. The second-order valence-electron chi connectivity index (χ2n) is 22.0. The van der Waals surface area contributed by atoms with E-state index in [2.05, 4.69) is 27.7 Å². The molecular weight excluding hydrogens is 1160 g/mol. The molecule has 0 saturated carbocycles. The van der Waals surface area contributed by atoms with E-state index < -0.39 is 55.7 Å². The van der Waals surface area contributed by atoms with Gasteiger partial charge in [-0.1, -0.05) is 182 Å². The van der Waals surface area contributed by atoms with Gasteiger partial charge in [-0.2, -0.15) is 47.0 Å². The third-order valence-corrected chi connectivity index (χ3v) is 17.7. The van der Waals surface area contributed by atoms with Gasteiger partial charge in [-0.3, -0.25) is 38.4 Å². The van der Waals surface area contributed by atoms with Crippen molar-refractivity contribution in [3.05, 3.63) is 0 Å². The van der Waals surface area contributed by atoms with Crippen LogP contribution in [0.2, 0.25) is 0 Å². The number of carbonyl (C=O) groups excluding carboxylic acids is 8. The number of hydrogen-bond donors (Lipinski definition) is 0. The number of esters is 8. The second kappa shape index (κ2) is 62.8. The zero-order chi connectivity index (χ0) is 62.4. The Labute approximate surface area is 531 Å². The van der Waals surface area contributed by atoms with Crippen molar-refractivity contribution in [2.75, 3.05) is 98.9 Å². The van der Waals surface area contributed by atoms with Gasteiger partial charge in [-0.25, -0.2) is 0 Å². The molecule has 85 heavy (non-hydrogen) atoms. The molecule has 0 bridgehead atoms. The first-order valence-electron chi connectivity index (χ1n) is 33.0. The molecule has 0 aromatic rings. The summed E-state index contributed by atoms with van der Waals surface area (Å²) in [6.07, 6.45) is 32.3. The van der Waals surface area contributed by atoms with Crippen LogP contribution in [0.25, 0.3) is 0 Å². The topological polar surface area (TPSA) is 210 Å². The van der Waals surface area contributed by atoms with Gasteiger partial charge in [0.1, 0.15) is 31.8 Å². The number of ether oxygens (including phenoxy) is 8. The van der Waals surface area contributed by atoms with Crippen molar-refractivity contribution in [2.24, 2.45) is 5.41 Å². The van der Waals surface area contributed by atoms with Crippen molar-refractivity contribution < 1.29 is 76.3 Å². The van der Waals surface area contributed by atoms with Crippen molar-refractivity contribution in [2.45, 2.75) is 259 Å². The molecule has 0 fully saturated rings. The highest BCUT2D eigenvalue weighted by molar-refractivity contribution is 7.99. The lowest BCUT2D eigenvalue weighted by molar-refractivity contribution is -0.170. The molecule has 0 spiro atoms. The molecule has 0 heterocycles. The van der Waals surface area contributed by atoms with E-state index in [0.717, 1.165) is 77.0 Å². The van der Waals surface area contributed by atoms with Crippen LogP contribution in [-0.2, 0) is 76.3 Å². The van der Waals surface area contributed by atoms with Gasteiger partial charge in [-0.15, -0.1) is 0 Å². The lowest BCUT2D eigenvalue weighted by Crippen LogP contribution is -2.44. The SMILES string of the molecule is CCCCCCCCCOC(=O)CCSCCC(=O)OCC(COC(=O)CCSCCC(=O)OCCCCCCCCC)(COC(=O)CCSCCC(=O)OCCCCCCCCC)COC(=O)CCSCCC(=O)OCCCCCCCCC. The first-order valence-corrected chi connectivity index (χ1v) is 37.6. The summed E-state index contributed by atoms with van der Waals surface area (Å²) in [6, 6.07) is 0. The van der Waals surface area contributed by atoms with Crippen LogP contribution in [0.4, 0.5) is 0 Å². The van der Waals surface area contributed by atoms with E-state index in [0.29, 0.717) is 72.5 Å². The van der Waals surface area contributed by atoms with Crippen LogP contribution in [0.15, 0.2) is 0 Å². The summed E-state index contributed by atoms with van der Waals surface area (Å²) in [5.74, 6) is -0.223. The average Bonchev–Trinajstić information content (AvgIpc) is 3.59. The van der Waals surface area contributed by atoms with Crippen molar-refractivity contribution in [3.8, 4) is 0 Å². The van der Waals surface area contributed by atoms with Gasteiger partial charge in [0.05, 0.1) is 77.8 Å². The van der Waals surface area contributed by atoms with Gasteiger partial charge < -0.3 is 37.9 Å². The molecule has 0 aromatic heterocycles. The van der Waals surface area contributed by atoms with E-state index in [4.69, 9.17) is 37.9 Å². The van der Waals surface area contributed by atoms with Crippen LogP contribution >= 0.6 is 47.0 Å². The zero-order valence-electron chi connectivity index (χ0n) is 53.4. The largest absolute Gasteiger partial charge is 0.466 e. The van der Waals surface area contributed by atoms with Gasteiger partial charge in [-0.05, 0) is 25.7 Å². The third kappa shape index (κ3) is 58.6. The number of rotatable bonds is 64. The number of thioether (sulfide) groups is 4. The van der Waals surface area contributed by atoms with Gasteiger partial charge in [0.25, 0.3) is 0 Å². The van der Waals surface area contributed by atoms with Crippen LogP contribution in [0, 0.1) is 5.41 Å². The summed E-state index contributed by atoms with van der Waals surface area (Å²) in [7, 11) is 0. The fourth-order valence-corrected chi connectivity index (χ4v) is 11.7. The van der Waals surface area contributed by atoms with Crippen LogP contribution in [0.3, 0.4) is 0 Å². The van der Waals surface area contributed by atoms with Gasteiger partial charge in [0.15, 0.2) is 0 Å². The summed E-state index contributed by atoms with van der Waals surface area (Å²) in [5.41, 5.74) is -1.49. The highest BCUT2D eigenvalue weighted by Crippen LogP contribution is 2.24. The fourth-order valence-electron chi connectivity index (χ4n) is 8.39. The Morgan fingerprint density at radius 1 is 0.224 bits per heavy atom. The fraction of sp³-hybridized carbons (Fsp3) is 0.877. The Morgan fingerprint density at radius 2 is 0.376 bits per heavy atom. The molecule has 0 aliphatic rings. The Balaban J connectivity index is 5.68. The molecule has 0 amide bonds. The summed E-state index contributed by atoms with van der Waals surface area (Å²) < 4.78 is 44.6. The van der Waals surface area contributed by atoms with Crippen molar-refractivity contribution in [3.63, 3.8) is 0 Å². The van der Waals surface area contributed by atoms with Gasteiger partial charge in [0, 0.05) is 46.0 Å². The highest BCUT2D eigenvalue weighted by Gasteiger charge is 2.38. The highest BCUT2D eigenvalue weighted by atomic mass is 32.2. The molecule has 16 nitrogen and oxygen atoms in total. The summed E-state index contributed by atoms with van der Waals surface area (Å²) in [5, 5.41) is 0. The van der Waals surface area contributed by atoms with Crippen molar-refractivity contribution in [1.29, 1.82) is 0 Å². The third-order valence-electron chi connectivity index (χ3n) is 13.8. The van der Waals surface area contributed by atoms with Gasteiger partial charge in [0.2, 0.25) is 0 Å². The molecule has 0 aliphatic carbocycles. The molecule has 496 valence electrons. The van der Waals surface area contributed by atoms with Gasteiger partial charge >= 0.3 is 47.8 Å². The minimum absolute atomic E-state index is 0.00907. The molecule has 20 heteroatoms. The lowest BCUT2D eigenvalue weighted by atomic mass is 9.92. The first kappa shape index (κ1) is 82.2. The average molecular weight is 1280 g/mol. The predicted octanol–water partition coefficient (Wildman–Crippen LogP) is 15.4. The van der Waals surface area contributed by atoms with E-state index in [1.807, 2.05) is 0 Å². The Bertz CT molecular complexity index is 1430. The number of unbranched alkanes of at least 4 members (excludes halogenated alkanes) is 24. The monoisotopic (exact) mass is 1280 g/mol. The predicted molar refractivity (Wildman–Crippen MR) is 348 cm³/mol. The maximum Gasteiger partial charge on any atom is 0.306 e. The standard InChI is InChI=1S/C65H116O16S4/c1-5-9-13-17-21-25-29-41-74-57(66)33-45-82-49-37-61(70)78-53-65(54-79-62(71)38-50-83-46-34-58(67)75-42-30-26-22-18-14-10-6-2,55-80-63(72)39-51-84-47-35-59(68)76-43-31-27-23-19-15-11-7-3)56-81-64(73)40-52-85-48-36-60(69)77-44-32-28-24-20-16-12-8-4/h5-56H2,1-4H3. The first-order chi connectivity index (χ1) is 41.4. The van der Waals surface area contributed by atoms with E-state index in [9.17, 15) is 38.4 Å². The summed E-state index contributed by atoms with van der Waals surface area (Å²) >= 11 is 5.63. The lowest BCUT2D eigenvalue weighted by Gasteiger charge is -2.31. The van der Waals surface area contributed by atoms with E-state index in [-0.39, 0.29) is 75.2 Å². The van der Waals surface area contributed by atoms with Crippen molar-refractivity contribution >= 4 is 94.8 Å². The van der Waals surface area contributed by atoms with E-state index >= 15 is 0 Å². The minimum Gasteiger partial charge on any atom is -0.466 e. The molecule has 0 aliphatic heterocycles. The quantitative estimate of drug-likeness (QED) is 0.0315. The van der Waals surface area contributed by atoms with Crippen LogP contribution < -0.4 is 0 Å². The van der Waals surface area contributed by atoms with Crippen LogP contribution in [0.5, 0.6) is 0 Å². The Kier molecular flexibility index (Phi) is 60.7. The smallest absolute Gasteiger partial charge is 0.306 e. The van der Waals surface area contributed by atoms with E-state index in [1.54, 1.807) is 0 Å². The molecule has 0 atom stereocenters. The second-order valence-corrected chi connectivity index (χ2v) is 26.9. The van der Waals surface area contributed by atoms with Crippen molar-refractivity contribution in [1.82, 2.24) is 0 Å². The number of carbonyl (C=O) groups is 8. The Hall–Kier alpha value is -2.84. The molecule has 0 saturated heterocycles. The molecule has 0 rings (SSSR count). The maximum atomic E-state index is 13.3. The zero-order valence-corrected chi connectivity index (χ0v) is 56.7. The molecular formula is C65H116O16S4. The molecule has 0 N–H and O–H groups in total. The van der Waals surface area contributed by atoms with Crippen LogP contribution in [-0.4, -0.2) is 147 Å². The summed E-state index contributed by atoms with van der Waals surface area (Å²) in [6.45, 7) is 8.66. The van der Waals surface area contributed by atoms with Crippen LogP contribution in [0.1, 0.15) is 259 Å². The normalized spacial score (nSPS) is 11.2. The Morgan fingerprint density at radius 3 is 0.553 bits per heavy atom.